The van der Waals surface area contributed by atoms with E-state index in [4.69, 9.17) is 5.84 Å². The molecule has 1 aliphatic heterocycles. The van der Waals surface area contributed by atoms with E-state index >= 15 is 0 Å². The molecule has 0 amide bonds. The van der Waals surface area contributed by atoms with Crippen molar-refractivity contribution in [2.45, 2.75) is 44.3 Å². The van der Waals surface area contributed by atoms with E-state index in [1.165, 1.54) is 18.6 Å². The van der Waals surface area contributed by atoms with Gasteiger partial charge in [-0.3, -0.25) is 0 Å². The van der Waals surface area contributed by atoms with E-state index in [2.05, 4.69) is 34.6 Å². The number of hydrogen-bond donors (Lipinski definition) is 3. The van der Waals surface area contributed by atoms with Gasteiger partial charge in [0.1, 0.15) is 17.5 Å². The number of aryl methyl sites for hydroxylation is 1. The summed E-state index contributed by atoms with van der Waals surface area (Å²) in [6, 6.07) is 1.86. The Kier molecular flexibility index (Phi) is 4.87. The summed E-state index contributed by atoms with van der Waals surface area (Å²) in [5.74, 6) is 9.09. The minimum absolute atomic E-state index is 0.326. The summed E-state index contributed by atoms with van der Waals surface area (Å²) in [6.07, 6.45) is 4.47. The Balaban J connectivity index is 2.04. The van der Waals surface area contributed by atoms with Gasteiger partial charge in [-0.1, -0.05) is 6.92 Å². The SMILES string of the molecule is CCCc1nc(NN)cc(NCC2(C)CCCS2)n1. The molecule has 106 valence electrons. The molecule has 0 radical (unpaired) electrons. The van der Waals surface area contributed by atoms with Crippen molar-refractivity contribution in [3.63, 3.8) is 0 Å². The molecule has 0 aliphatic carbocycles. The number of anilines is 2. The molecule has 2 heterocycles. The molecule has 6 heteroatoms. The third kappa shape index (κ3) is 3.98. The number of hydrogen-bond acceptors (Lipinski definition) is 6. The first-order valence-electron chi connectivity index (χ1n) is 6.87. The molecule has 4 N–H and O–H groups in total. The quantitative estimate of drug-likeness (QED) is 0.549. The van der Waals surface area contributed by atoms with Crippen LogP contribution in [-0.4, -0.2) is 27.0 Å². The Morgan fingerprint density at radius 1 is 1.42 bits per heavy atom. The van der Waals surface area contributed by atoms with Gasteiger partial charge in [-0.05, 0) is 31.9 Å². The second-order valence-electron chi connectivity index (χ2n) is 5.20. The van der Waals surface area contributed by atoms with E-state index in [-0.39, 0.29) is 0 Å². The lowest BCUT2D eigenvalue weighted by molar-refractivity contribution is 0.633. The van der Waals surface area contributed by atoms with Crippen LogP contribution in [0, 0.1) is 0 Å². The van der Waals surface area contributed by atoms with Crippen LogP contribution in [0.15, 0.2) is 6.07 Å². The molecule has 0 saturated carbocycles. The molecule has 0 spiro atoms. The molecule has 2 rings (SSSR count). The van der Waals surface area contributed by atoms with Crippen molar-refractivity contribution in [3.8, 4) is 0 Å². The Hall–Kier alpha value is -1.01. The molecule has 1 atom stereocenters. The van der Waals surface area contributed by atoms with Crippen LogP contribution in [0.1, 0.15) is 38.9 Å². The summed E-state index contributed by atoms with van der Waals surface area (Å²) in [5, 5.41) is 3.43. The van der Waals surface area contributed by atoms with Gasteiger partial charge >= 0.3 is 0 Å². The maximum atomic E-state index is 5.46. The van der Waals surface area contributed by atoms with Crippen LogP contribution in [0.5, 0.6) is 0 Å². The molecule has 1 unspecified atom stereocenters. The van der Waals surface area contributed by atoms with E-state index in [9.17, 15) is 0 Å². The second kappa shape index (κ2) is 6.43. The number of nitrogens with one attached hydrogen (secondary N) is 2. The van der Waals surface area contributed by atoms with E-state index in [1.54, 1.807) is 0 Å². The van der Waals surface area contributed by atoms with Gasteiger partial charge in [0.25, 0.3) is 0 Å². The molecule has 0 aromatic carbocycles. The van der Waals surface area contributed by atoms with Crippen molar-refractivity contribution in [1.82, 2.24) is 9.97 Å². The Morgan fingerprint density at radius 2 is 2.21 bits per heavy atom. The average molecular weight is 281 g/mol. The number of thioether (sulfide) groups is 1. The molecule has 0 bridgehead atoms. The molecule has 19 heavy (non-hydrogen) atoms. The van der Waals surface area contributed by atoms with Crippen molar-refractivity contribution in [2.24, 2.45) is 5.84 Å². The average Bonchev–Trinajstić information content (AvgIpc) is 2.84. The van der Waals surface area contributed by atoms with Crippen molar-refractivity contribution in [2.75, 3.05) is 23.0 Å². The molecule has 1 aromatic rings. The van der Waals surface area contributed by atoms with E-state index < -0.39 is 0 Å². The van der Waals surface area contributed by atoms with Gasteiger partial charge in [-0.2, -0.15) is 11.8 Å². The van der Waals surface area contributed by atoms with Gasteiger partial charge in [-0.25, -0.2) is 15.8 Å². The van der Waals surface area contributed by atoms with Crippen LogP contribution in [0.25, 0.3) is 0 Å². The normalized spacial score (nSPS) is 22.5. The van der Waals surface area contributed by atoms with Crippen LogP contribution in [0.3, 0.4) is 0 Å². The minimum Gasteiger partial charge on any atom is -0.369 e. The summed E-state index contributed by atoms with van der Waals surface area (Å²) >= 11 is 2.04. The third-order valence-electron chi connectivity index (χ3n) is 3.34. The zero-order chi connectivity index (χ0) is 13.7. The molecule has 1 saturated heterocycles. The third-order valence-corrected chi connectivity index (χ3v) is 4.88. The summed E-state index contributed by atoms with van der Waals surface area (Å²) in [7, 11) is 0. The Bertz CT molecular complexity index is 417. The first-order valence-corrected chi connectivity index (χ1v) is 7.86. The lowest BCUT2D eigenvalue weighted by Crippen LogP contribution is -2.27. The standard InChI is InChI=1S/C13H23N5S/c1-3-5-10-16-11(8-12(17-10)18-14)15-9-13(2)6-4-7-19-13/h8H,3-7,9,14H2,1-2H3,(H2,15,16,17,18). The van der Waals surface area contributed by atoms with Gasteiger partial charge < -0.3 is 10.7 Å². The molecule has 5 nitrogen and oxygen atoms in total. The predicted octanol–water partition coefficient (Wildman–Crippen LogP) is 2.41. The fourth-order valence-electron chi connectivity index (χ4n) is 2.25. The van der Waals surface area contributed by atoms with Gasteiger partial charge in [0.15, 0.2) is 0 Å². The van der Waals surface area contributed by atoms with Crippen LogP contribution in [-0.2, 0) is 6.42 Å². The summed E-state index contributed by atoms with van der Waals surface area (Å²) in [5.41, 5.74) is 2.61. The van der Waals surface area contributed by atoms with Gasteiger partial charge in [-0.15, -0.1) is 0 Å². The molecular weight excluding hydrogens is 258 g/mol. The van der Waals surface area contributed by atoms with Crippen LogP contribution in [0.2, 0.25) is 0 Å². The highest BCUT2D eigenvalue weighted by Crippen LogP contribution is 2.37. The zero-order valence-corrected chi connectivity index (χ0v) is 12.5. The number of nitrogen functional groups attached to an aromatic ring is 1. The number of nitrogens with two attached hydrogens (primary N) is 1. The molecule has 1 aliphatic rings. The summed E-state index contributed by atoms with van der Waals surface area (Å²) < 4.78 is 0.326. The maximum absolute atomic E-state index is 5.46. The second-order valence-corrected chi connectivity index (χ2v) is 6.89. The van der Waals surface area contributed by atoms with Gasteiger partial charge in [0.2, 0.25) is 0 Å². The van der Waals surface area contributed by atoms with E-state index in [0.717, 1.165) is 31.0 Å². The van der Waals surface area contributed by atoms with Crippen LogP contribution in [0.4, 0.5) is 11.6 Å². The Morgan fingerprint density at radius 3 is 2.84 bits per heavy atom. The highest BCUT2D eigenvalue weighted by molar-refractivity contribution is 8.00. The van der Waals surface area contributed by atoms with Gasteiger partial charge in [0.05, 0.1) is 0 Å². The highest BCUT2D eigenvalue weighted by atomic mass is 32.2. The number of hydrazine groups is 1. The number of nitrogens with zero attached hydrogens (tertiary/aromatic N) is 2. The van der Waals surface area contributed by atoms with Crippen molar-refractivity contribution < 1.29 is 0 Å². The first kappa shape index (κ1) is 14.4. The lowest BCUT2D eigenvalue weighted by Gasteiger charge is -2.23. The number of aromatic nitrogens is 2. The number of rotatable bonds is 6. The van der Waals surface area contributed by atoms with Crippen LogP contribution < -0.4 is 16.6 Å². The topological polar surface area (TPSA) is 75.9 Å². The van der Waals surface area contributed by atoms with Crippen molar-refractivity contribution in [1.29, 1.82) is 0 Å². The first-order chi connectivity index (χ1) is 9.15. The largest absolute Gasteiger partial charge is 0.369 e. The summed E-state index contributed by atoms with van der Waals surface area (Å²) in [4.78, 5) is 8.88. The van der Waals surface area contributed by atoms with E-state index in [0.29, 0.717) is 10.6 Å². The zero-order valence-electron chi connectivity index (χ0n) is 11.7. The molecule has 1 aromatic heterocycles. The molecular formula is C13H23N5S. The summed E-state index contributed by atoms with van der Waals surface area (Å²) in [6.45, 7) is 5.37. The Labute approximate surface area is 119 Å². The molecule has 1 fully saturated rings. The monoisotopic (exact) mass is 281 g/mol. The van der Waals surface area contributed by atoms with E-state index in [1.807, 2.05) is 17.8 Å². The fraction of sp³-hybridized carbons (Fsp3) is 0.692. The highest BCUT2D eigenvalue weighted by Gasteiger charge is 2.29. The van der Waals surface area contributed by atoms with Crippen LogP contribution >= 0.6 is 11.8 Å². The van der Waals surface area contributed by atoms with Crippen molar-refractivity contribution >= 4 is 23.4 Å². The maximum Gasteiger partial charge on any atom is 0.145 e. The van der Waals surface area contributed by atoms with Gasteiger partial charge in [0, 0.05) is 23.8 Å². The fourth-order valence-corrected chi connectivity index (χ4v) is 3.50. The predicted molar refractivity (Wildman–Crippen MR) is 82.4 cm³/mol. The smallest absolute Gasteiger partial charge is 0.145 e. The van der Waals surface area contributed by atoms with Crippen molar-refractivity contribution in [3.05, 3.63) is 11.9 Å². The minimum atomic E-state index is 0.326. The lowest BCUT2D eigenvalue weighted by atomic mass is 10.1.